The van der Waals surface area contributed by atoms with Crippen LogP contribution in [-0.4, -0.2) is 7.11 Å². The molecule has 0 heterocycles. The molecule has 0 aliphatic carbocycles. The van der Waals surface area contributed by atoms with Crippen LogP contribution in [0.2, 0.25) is 0 Å². The number of hydrogen-bond acceptors (Lipinski definition) is 3. The van der Waals surface area contributed by atoms with Gasteiger partial charge in [0.2, 0.25) is 5.82 Å². The first-order valence-corrected chi connectivity index (χ1v) is 5.35. The molecule has 0 saturated carbocycles. The Balaban J connectivity index is 2.42. The Kier molecular flexibility index (Phi) is 3.62. The minimum absolute atomic E-state index is 0.103. The van der Waals surface area contributed by atoms with Gasteiger partial charge in [0.15, 0.2) is 11.6 Å². The molecular formula is C14H9F2NO2. The largest absolute Gasteiger partial charge is 0.497 e. The van der Waals surface area contributed by atoms with Gasteiger partial charge in [-0.25, -0.2) is 4.39 Å². The molecule has 2 rings (SSSR count). The molecule has 2 aromatic carbocycles. The third-order valence-corrected chi connectivity index (χ3v) is 2.45. The second-order valence-electron chi connectivity index (χ2n) is 3.63. The first kappa shape index (κ1) is 12.8. The van der Waals surface area contributed by atoms with Crippen LogP contribution in [0.1, 0.15) is 5.56 Å². The number of halogens is 2. The Morgan fingerprint density at radius 3 is 2.58 bits per heavy atom. The van der Waals surface area contributed by atoms with Crippen molar-refractivity contribution in [1.29, 1.82) is 5.26 Å². The summed E-state index contributed by atoms with van der Waals surface area (Å²) in [5, 5.41) is 8.95. The lowest BCUT2D eigenvalue weighted by Crippen LogP contribution is -1.94. The molecule has 96 valence electrons. The van der Waals surface area contributed by atoms with E-state index in [0.717, 1.165) is 6.07 Å². The van der Waals surface area contributed by atoms with Crippen LogP contribution in [0, 0.1) is 23.0 Å². The third-order valence-electron chi connectivity index (χ3n) is 2.45. The fourth-order valence-corrected chi connectivity index (χ4v) is 1.49. The molecular weight excluding hydrogens is 252 g/mol. The van der Waals surface area contributed by atoms with Crippen LogP contribution in [0.3, 0.4) is 0 Å². The SMILES string of the molecule is COc1ccc(C#N)c(Oc2cccc(F)c2F)c1. The fraction of sp³-hybridized carbons (Fsp3) is 0.0714. The highest BCUT2D eigenvalue weighted by molar-refractivity contribution is 5.49. The van der Waals surface area contributed by atoms with E-state index in [4.69, 9.17) is 14.7 Å². The molecule has 2 aromatic rings. The van der Waals surface area contributed by atoms with Crippen LogP contribution in [0.4, 0.5) is 8.78 Å². The Labute approximate surface area is 108 Å². The van der Waals surface area contributed by atoms with Crippen molar-refractivity contribution in [1.82, 2.24) is 0 Å². The molecule has 0 N–H and O–H groups in total. The Hall–Kier alpha value is -2.61. The average Bonchev–Trinajstić information content (AvgIpc) is 2.43. The average molecular weight is 261 g/mol. The lowest BCUT2D eigenvalue weighted by Gasteiger charge is -2.10. The summed E-state index contributed by atoms with van der Waals surface area (Å²) in [5.74, 6) is -1.85. The van der Waals surface area contributed by atoms with E-state index in [9.17, 15) is 8.78 Å². The minimum Gasteiger partial charge on any atom is -0.497 e. The number of rotatable bonds is 3. The van der Waals surface area contributed by atoms with Gasteiger partial charge in [-0.15, -0.1) is 0 Å². The van der Waals surface area contributed by atoms with Gasteiger partial charge in [0.1, 0.15) is 17.6 Å². The predicted octanol–water partition coefficient (Wildman–Crippen LogP) is 3.64. The molecule has 3 nitrogen and oxygen atoms in total. The molecule has 0 spiro atoms. The summed E-state index contributed by atoms with van der Waals surface area (Å²) in [5.41, 5.74) is 0.199. The van der Waals surface area contributed by atoms with Gasteiger partial charge in [0.05, 0.1) is 12.7 Å². The second kappa shape index (κ2) is 5.36. The molecule has 0 bridgehead atoms. The van der Waals surface area contributed by atoms with E-state index in [2.05, 4.69) is 0 Å². The minimum atomic E-state index is -1.10. The standard InChI is InChI=1S/C14H9F2NO2/c1-18-10-6-5-9(8-17)13(7-10)19-12-4-2-3-11(15)14(12)16/h2-7H,1H3. The Morgan fingerprint density at radius 1 is 1.11 bits per heavy atom. The van der Waals surface area contributed by atoms with Gasteiger partial charge in [-0.3, -0.25) is 0 Å². The maximum Gasteiger partial charge on any atom is 0.201 e. The van der Waals surface area contributed by atoms with Crippen molar-refractivity contribution in [3.8, 4) is 23.3 Å². The summed E-state index contributed by atoms with van der Waals surface area (Å²) in [6, 6.07) is 9.97. The van der Waals surface area contributed by atoms with Crippen molar-refractivity contribution in [3.05, 3.63) is 53.6 Å². The number of benzene rings is 2. The van der Waals surface area contributed by atoms with E-state index in [1.807, 2.05) is 6.07 Å². The molecule has 0 fully saturated rings. The van der Waals surface area contributed by atoms with Crippen LogP contribution in [0.5, 0.6) is 17.2 Å². The van der Waals surface area contributed by atoms with Crippen molar-refractivity contribution in [2.24, 2.45) is 0 Å². The Morgan fingerprint density at radius 2 is 1.89 bits per heavy atom. The van der Waals surface area contributed by atoms with Crippen LogP contribution in [0.25, 0.3) is 0 Å². The normalized spacial score (nSPS) is 9.79. The summed E-state index contributed by atoms with van der Waals surface area (Å²) in [7, 11) is 1.45. The van der Waals surface area contributed by atoms with Gasteiger partial charge in [-0.1, -0.05) is 6.07 Å². The molecule has 0 aliphatic heterocycles. The van der Waals surface area contributed by atoms with Crippen LogP contribution in [0.15, 0.2) is 36.4 Å². The van der Waals surface area contributed by atoms with Gasteiger partial charge in [0.25, 0.3) is 0 Å². The highest BCUT2D eigenvalue weighted by Gasteiger charge is 2.12. The lowest BCUT2D eigenvalue weighted by atomic mass is 10.2. The zero-order valence-electron chi connectivity index (χ0n) is 9.98. The number of nitrogens with zero attached hydrogens (tertiary/aromatic N) is 1. The van der Waals surface area contributed by atoms with E-state index in [1.54, 1.807) is 6.07 Å². The molecule has 19 heavy (non-hydrogen) atoms. The third kappa shape index (κ3) is 2.63. The van der Waals surface area contributed by atoms with Crippen LogP contribution in [-0.2, 0) is 0 Å². The summed E-state index contributed by atoms with van der Waals surface area (Å²) >= 11 is 0. The summed E-state index contributed by atoms with van der Waals surface area (Å²) in [6.45, 7) is 0. The zero-order chi connectivity index (χ0) is 13.8. The highest BCUT2D eigenvalue weighted by atomic mass is 19.2. The van der Waals surface area contributed by atoms with Crippen LogP contribution >= 0.6 is 0 Å². The van der Waals surface area contributed by atoms with Crippen LogP contribution < -0.4 is 9.47 Å². The number of nitriles is 1. The monoisotopic (exact) mass is 261 g/mol. The van der Waals surface area contributed by atoms with Gasteiger partial charge in [-0.2, -0.15) is 9.65 Å². The molecule has 0 aromatic heterocycles. The first-order valence-electron chi connectivity index (χ1n) is 5.35. The fourth-order valence-electron chi connectivity index (χ4n) is 1.49. The molecule has 0 saturated heterocycles. The maximum atomic E-state index is 13.5. The van der Waals surface area contributed by atoms with Crippen molar-refractivity contribution < 1.29 is 18.3 Å². The predicted molar refractivity (Wildman–Crippen MR) is 64.1 cm³/mol. The van der Waals surface area contributed by atoms with Gasteiger partial charge in [-0.05, 0) is 24.3 Å². The maximum absolute atomic E-state index is 13.5. The topological polar surface area (TPSA) is 42.2 Å². The lowest BCUT2D eigenvalue weighted by molar-refractivity contribution is 0.398. The van der Waals surface area contributed by atoms with E-state index in [-0.39, 0.29) is 17.1 Å². The first-order chi connectivity index (χ1) is 9.15. The molecule has 0 atom stereocenters. The quantitative estimate of drug-likeness (QED) is 0.847. The van der Waals surface area contributed by atoms with Crippen molar-refractivity contribution in [2.45, 2.75) is 0 Å². The van der Waals surface area contributed by atoms with Crippen molar-refractivity contribution >= 4 is 0 Å². The summed E-state index contributed by atoms with van der Waals surface area (Å²) in [4.78, 5) is 0. The summed E-state index contributed by atoms with van der Waals surface area (Å²) < 4.78 is 36.8. The van der Waals surface area contributed by atoms with Gasteiger partial charge < -0.3 is 9.47 Å². The van der Waals surface area contributed by atoms with E-state index in [1.165, 1.54) is 31.4 Å². The number of methoxy groups -OCH3 is 1. The van der Waals surface area contributed by atoms with Gasteiger partial charge >= 0.3 is 0 Å². The van der Waals surface area contributed by atoms with E-state index in [0.29, 0.717) is 5.75 Å². The molecule has 0 amide bonds. The van der Waals surface area contributed by atoms with Crippen molar-refractivity contribution in [2.75, 3.05) is 7.11 Å². The zero-order valence-corrected chi connectivity index (χ0v) is 9.98. The molecule has 0 aliphatic rings. The molecule has 5 heteroatoms. The second-order valence-corrected chi connectivity index (χ2v) is 3.63. The molecule has 0 radical (unpaired) electrons. The smallest absolute Gasteiger partial charge is 0.201 e. The summed E-state index contributed by atoms with van der Waals surface area (Å²) in [6.07, 6.45) is 0. The van der Waals surface area contributed by atoms with Gasteiger partial charge in [0, 0.05) is 6.07 Å². The van der Waals surface area contributed by atoms with E-state index >= 15 is 0 Å². The van der Waals surface area contributed by atoms with Crippen molar-refractivity contribution in [3.63, 3.8) is 0 Å². The molecule has 0 unspecified atom stereocenters. The Bertz CT molecular complexity index is 650. The number of hydrogen-bond donors (Lipinski definition) is 0. The highest BCUT2D eigenvalue weighted by Crippen LogP contribution is 2.31. The van der Waals surface area contributed by atoms with E-state index < -0.39 is 11.6 Å². The number of ether oxygens (including phenoxy) is 2.